The van der Waals surface area contributed by atoms with Crippen LogP contribution in [0, 0.1) is 0 Å². The molecule has 2 N–H and O–H groups in total. The highest BCUT2D eigenvalue weighted by atomic mass is 16.4. The molecule has 2 aliphatic rings. The topological polar surface area (TPSA) is 91.5 Å². The molecule has 0 bridgehead atoms. The van der Waals surface area contributed by atoms with Crippen molar-refractivity contribution in [3.8, 4) is 0 Å². The lowest BCUT2D eigenvalue weighted by molar-refractivity contribution is -0.117. The number of aromatic nitrogens is 2. The summed E-state index contributed by atoms with van der Waals surface area (Å²) >= 11 is 0. The van der Waals surface area contributed by atoms with Gasteiger partial charge in [0.1, 0.15) is 0 Å². The van der Waals surface area contributed by atoms with E-state index in [9.17, 15) is 9.90 Å². The van der Waals surface area contributed by atoms with Gasteiger partial charge in [-0.05, 0) is 26.2 Å². The van der Waals surface area contributed by atoms with E-state index in [1.165, 1.54) is 0 Å². The van der Waals surface area contributed by atoms with Crippen molar-refractivity contribution in [2.45, 2.75) is 37.7 Å². The Morgan fingerprint density at radius 2 is 2.37 bits per heavy atom. The van der Waals surface area contributed by atoms with Crippen LogP contribution in [0.15, 0.2) is 4.42 Å². The van der Waals surface area contributed by atoms with Crippen molar-refractivity contribution >= 4 is 11.9 Å². The van der Waals surface area contributed by atoms with Crippen LogP contribution < -0.4 is 5.32 Å². The second kappa shape index (κ2) is 4.57. The van der Waals surface area contributed by atoms with Crippen LogP contribution in [0.2, 0.25) is 0 Å². The first-order valence-corrected chi connectivity index (χ1v) is 6.60. The highest BCUT2D eigenvalue weighted by Gasteiger charge is 2.32. The summed E-state index contributed by atoms with van der Waals surface area (Å²) in [7, 11) is 0. The van der Waals surface area contributed by atoms with Gasteiger partial charge in [-0.1, -0.05) is 5.10 Å². The molecule has 104 valence electrons. The van der Waals surface area contributed by atoms with Crippen LogP contribution in [-0.4, -0.2) is 51.3 Å². The van der Waals surface area contributed by atoms with Gasteiger partial charge in [-0.2, -0.15) is 0 Å². The van der Waals surface area contributed by atoms with Crippen molar-refractivity contribution in [2.24, 2.45) is 0 Å². The van der Waals surface area contributed by atoms with Gasteiger partial charge in [0.15, 0.2) is 0 Å². The number of amides is 1. The summed E-state index contributed by atoms with van der Waals surface area (Å²) in [6, 6.07) is 0.165. The Hall–Kier alpha value is -1.47. The second-order valence-corrected chi connectivity index (χ2v) is 5.73. The molecule has 1 aliphatic heterocycles. The zero-order chi connectivity index (χ0) is 13.5. The Morgan fingerprint density at radius 1 is 1.58 bits per heavy atom. The van der Waals surface area contributed by atoms with E-state index in [-0.39, 0.29) is 18.5 Å². The molecule has 7 heteroatoms. The molecular formula is C12H18N4O3. The number of nitrogens with one attached hydrogen (secondary N) is 1. The third kappa shape index (κ3) is 3.10. The predicted molar refractivity (Wildman–Crippen MR) is 66.6 cm³/mol. The van der Waals surface area contributed by atoms with Gasteiger partial charge in [0, 0.05) is 19.0 Å². The Kier molecular flexibility index (Phi) is 3.02. The summed E-state index contributed by atoms with van der Waals surface area (Å²) in [6.07, 6.45) is 2.85. The van der Waals surface area contributed by atoms with Crippen molar-refractivity contribution in [2.75, 3.05) is 25.0 Å². The highest BCUT2D eigenvalue weighted by Crippen LogP contribution is 2.39. The first-order chi connectivity index (χ1) is 9.02. The van der Waals surface area contributed by atoms with Gasteiger partial charge in [-0.25, -0.2) is 0 Å². The smallest absolute Gasteiger partial charge is 0.322 e. The van der Waals surface area contributed by atoms with Crippen LogP contribution in [-0.2, 0) is 4.79 Å². The van der Waals surface area contributed by atoms with Crippen molar-refractivity contribution in [1.82, 2.24) is 15.1 Å². The van der Waals surface area contributed by atoms with E-state index >= 15 is 0 Å². The third-order valence-corrected chi connectivity index (χ3v) is 3.51. The average Bonchev–Trinajstić information content (AvgIpc) is 2.98. The molecule has 0 spiro atoms. The molecule has 1 aromatic rings. The maximum atomic E-state index is 11.8. The average molecular weight is 266 g/mol. The van der Waals surface area contributed by atoms with E-state index in [0.29, 0.717) is 24.8 Å². The summed E-state index contributed by atoms with van der Waals surface area (Å²) in [6.45, 7) is 3.25. The van der Waals surface area contributed by atoms with Crippen LogP contribution in [0.3, 0.4) is 0 Å². The van der Waals surface area contributed by atoms with Gasteiger partial charge >= 0.3 is 6.01 Å². The van der Waals surface area contributed by atoms with Crippen LogP contribution >= 0.6 is 0 Å². The number of likely N-dealkylation sites (tertiary alicyclic amines) is 1. The molecule has 1 aliphatic carbocycles. The highest BCUT2D eigenvalue weighted by molar-refractivity contribution is 5.90. The minimum Gasteiger partial charge on any atom is -0.408 e. The number of hydrogen-bond donors (Lipinski definition) is 2. The maximum Gasteiger partial charge on any atom is 0.322 e. The van der Waals surface area contributed by atoms with Crippen molar-refractivity contribution in [3.05, 3.63) is 5.89 Å². The van der Waals surface area contributed by atoms with E-state index in [4.69, 9.17) is 4.42 Å². The van der Waals surface area contributed by atoms with Gasteiger partial charge < -0.3 is 9.52 Å². The van der Waals surface area contributed by atoms with Gasteiger partial charge in [-0.15, -0.1) is 5.10 Å². The van der Waals surface area contributed by atoms with E-state index in [2.05, 4.69) is 15.5 Å². The van der Waals surface area contributed by atoms with Gasteiger partial charge in [0.05, 0.1) is 12.1 Å². The first-order valence-electron chi connectivity index (χ1n) is 6.60. The van der Waals surface area contributed by atoms with Gasteiger partial charge in [0.2, 0.25) is 11.8 Å². The summed E-state index contributed by atoms with van der Waals surface area (Å²) in [4.78, 5) is 13.7. The number of carbonyl (C=O) groups excluding carboxylic acids is 1. The third-order valence-electron chi connectivity index (χ3n) is 3.51. The standard InChI is InChI=1S/C12H18N4O3/c1-12(18)4-5-16(7-12)6-9(17)13-11-15-14-10(19-11)8-2-3-8/h8,18H,2-7H2,1H3,(H,13,15,17). The van der Waals surface area contributed by atoms with Crippen LogP contribution in [0.5, 0.6) is 0 Å². The second-order valence-electron chi connectivity index (χ2n) is 5.73. The van der Waals surface area contributed by atoms with Crippen LogP contribution in [0.25, 0.3) is 0 Å². The number of β-amino-alcohol motifs (C(OH)–C–C–N with tert-alkyl or cyclic N) is 1. The molecule has 1 saturated heterocycles. The summed E-state index contributed by atoms with van der Waals surface area (Å²) in [5.41, 5.74) is -0.691. The molecule has 19 heavy (non-hydrogen) atoms. The molecule has 1 amide bonds. The van der Waals surface area contributed by atoms with Crippen molar-refractivity contribution < 1.29 is 14.3 Å². The number of carbonyl (C=O) groups is 1. The summed E-state index contributed by atoms with van der Waals surface area (Å²) in [5.74, 6) is 0.801. The lowest BCUT2D eigenvalue weighted by atomic mass is 10.1. The largest absolute Gasteiger partial charge is 0.408 e. The van der Waals surface area contributed by atoms with E-state index in [1.54, 1.807) is 6.92 Å². The fourth-order valence-electron chi connectivity index (χ4n) is 2.32. The predicted octanol–water partition coefficient (Wildman–Crippen LogP) is 0.342. The fraction of sp³-hybridized carbons (Fsp3) is 0.750. The first kappa shape index (κ1) is 12.6. The maximum absolute atomic E-state index is 11.8. The summed E-state index contributed by atoms with van der Waals surface area (Å²) < 4.78 is 5.36. The van der Waals surface area contributed by atoms with Crippen molar-refractivity contribution in [3.63, 3.8) is 0 Å². The van der Waals surface area contributed by atoms with Crippen LogP contribution in [0.4, 0.5) is 6.01 Å². The number of aliphatic hydroxyl groups is 1. The minimum atomic E-state index is -0.691. The molecule has 1 atom stereocenters. The normalized spacial score (nSPS) is 27.7. The Labute approximate surface area is 111 Å². The molecule has 0 radical (unpaired) electrons. The zero-order valence-corrected chi connectivity index (χ0v) is 10.9. The Morgan fingerprint density at radius 3 is 3.00 bits per heavy atom. The monoisotopic (exact) mass is 266 g/mol. The molecule has 2 heterocycles. The van der Waals surface area contributed by atoms with E-state index in [1.807, 2.05) is 4.90 Å². The zero-order valence-electron chi connectivity index (χ0n) is 10.9. The van der Waals surface area contributed by atoms with E-state index < -0.39 is 5.60 Å². The molecule has 0 aromatic carbocycles. The molecule has 3 rings (SSSR count). The molecule has 1 saturated carbocycles. The molecular weight excluding hydrogens is 248 g/mol. The lowest BCUT2D eigenvalue weighted by Crippen LogP contribution is -2.35. The van der Waals surface area contributed by atoms with Crippen molar-refractivity contribution in [1.29, 1.82) is 0 Å². The van der Waals surface area contributed by atoms with Gasteiger partial charge in [-0.3, -0.25) is 15.0 Å². The molecule has 1 aromatic heterocycles. The SMILES string of the molecule is CC1(O)CCN(CC(=O)Nc2nnc(C3CC3)o2)C1. The molecule has 1 unspecified atom stereocenters. The quantitative estimate of drug-likeness (QED) is 0.816. The number of hydrogen-bond acceptors (Lipinski definition) is 6. The van der Waals surface area contributed by atoms with Crippen LogP contribution in [0.1, 0.15) is 38.0 Å². The number of anilines is 1. The van der Waals surface area contributed by atoms with Gasteiger partial charge in [0.25, 0.3) is 0 Å². The lowest BCUT2D eigenvalue weighted by Gasteiger charge is -2.17. The van der Waals surface area contributed by atoms with E-state index in [0.717, 1.165) is 19.4 Å². The number of nitrogens with zero attached hydrogens (tertiary/aromatic N) is 3. The number of rotatable bonds is 4. The molecule has 2 fully saturated rings. The minimum absolute atomic E-state index is 0.165. The Bertz CT molecular complexity index is 481. The Balaban J connectivity index is 1.50. The molecule has 7 nitrogen and oxygen atoms in total. The summed E-state index contributed by atoms with van der Waals surface area (Å²) in [5, 5.41) is 20.1. The fourth-order valence-corrected chi connectivity index (χ4v) is 2.32.